The molecule has 8 nitrogen and oxygen atoms in total. The van der Waals surface area contributed by atoms with E-state index < -0.39 is 0 Å². The van der Waals surface area contributed by atoms with Crippen molar-refractivity contribution in [1.82, 2.24) is 24.8 Å². The predicted octanol–water partition coefficient (Wildman–Crippen LogP) is 5.23. The topological polar surface area (TPSA) is 86.6 Å². The number of nitrogens with zero attached hydrogens (tertiary/aromatic N) is 4. The molecule has 38 heavy (non-hydrogen) atoms. The number of piperidine rings is 1. The third-order valence-corrected chi connectivity index (χ3v) is 7.37. The smallest absolute Gasteiger partial charge is 0.228 e. The first-order valence-electron chi connectivity index (χ1n) is 13.5. The van der Waals surface area contributed by atoms with Crippen molar-refractivity contribution in [2.45, 2.75) is 59.3 Å². The Kier molecular flexibility index (Phi) is 9.84. The third-order valence-electron chi connectivity index (χ3n) is 7.15. The number of hydrogen-bond donors (Lipinski definition) is 3. The zero-order valence-electron chi connectivity index (χ0n) is 22.7. The summed E-state index contributed by atoms with van der Waals surface area (Å²) in [6.07, 6.45) is 13.3. The van der Waals surface area contributed by atoms with Gasteiger partial charge in [-0.2, -0.15) is 5.10 Å². The Bertz CT molecular complexity index is 1280. The highest BCUT2D eigenvalue weighted by atomic mass is 32.1. The van der Waals surface area contributed by atoms with E-state index in [1.807, 2.05) is 35.7 Å². The zero-order chi connectivity index (χ0) is 26.9. The summed E-state index contributed by atoms with van der Waals surface area (Å²) in [6.45, 7) is 10.1. The molecule has 0 unspecified atom stereocenters. The first kappa shape index (κ1) is 27.7. The lowest BCUT2D eigenvalue weighted by Gasteiger charge is -2.30. The summed E-state index contributed by atoms with van der Waals surface area (Å²) in [5.41, 5.74) is 5.28. The third kappa shape index (κ3) is 7.85. The summed E-state index contributed by atoms with van der Waals surface area (Å²) >= 11 is 5.45. The van der Waals surface area contributed by atoms with Gasteiger partial charge in [-0.3, -0.25) is 4.79 Å². The molecule has 4 rings (SSSR count). The first-order chi connectivity index (χ1) is 18.4. The van der Waals surface area contributed by atoms with Gasteiger partial charge in [-0.25, -0.2) is 9.50 Å². The quantitative estimate of drug-likeness (QED) is 0.243. The molecule has 0 atom stereocenters. The Morgan fingerprint density at radius 3 is 2.79 bits per heavy atom. The second kappa shape index (κ2) is 13.5. The molecule has 2 aromatic heterocycles. The lowest BCUT2D eigenvalue weighted by molar-refractivity contribution is -0.115. The molecule has 0 spiro atoms. The number of anilines is 2. The Morgan fingerprint density at radius 1 is 1.18 bits per heavy atom. The van der Waals surface area contributed by atoms with Crippen molar-refractivity contribution in [2.75, 3.05) is 30.3 Å². The minimum absolute atomic E-state index is 0.0908. The van der Waals surface area contributed by atoms with Gasteiger partial charge in [-0.15, -0.1) is 0 Å². The minimum Gasteiger partial charge on any atom is -0.339 e. The van der Waals surface area contributed by atoms with Gasteiger partial charge in [0.05, 0.1) is 0 Å². The number of thiocarbonyl (C=S) groups is 1. The average Bonchev–Trinajstić information content (AvgIpc) is 3.22. The normalized spacial score (nSPS) is 14.7. The van der Waals surface area contributed by atoms with Crippen LogP contribution < -0.4 is 16.0 Å². The molecule has 202 valence electrons. The van der Waals surface area contributed by atoms with Crippen molar-refractivity contribution >= 4 is 40.3 Å². The van der Waals surface area contributed by atoms with E-state index in [0.29, 0.717) is 10.9 Å². The van der Waals surface area contributed by atoms with Crippen LogP contribution in [0.4, 0.5) is 11.5 Å². The minimum atomic E-state index is -0.0908. The molecule has 1 aliphatic rings. The number of fused-ring (bicyclic) bond motifs is 1. The van der Waals surface area contributed by atoms with Gasteiger partial charge in [0.2, 0.25) is 5.91 Å². The van der Waals surface area contributed by atoms with Gasteiger partial charge < -0.3 is 20.9 Å². The highest BCUT2D eigenvalue weighted by Crippen LogP contribution is 2.24. The first-order valence-corrected chi connectivity index (χ1v) is 13.9. The van der Waals surface area contributed by atoms with Crippen molar-refractivity contribution in [3.05, 3.63) is 65.8 Å². The van der Waals surface area contributed by atoms with Crippen molar-refractivity contribution in [3.8, 4) is 0 Å². The Balaban J connectivity index is 1.25. The van der Waals surface area contributed by atoms with Gasteiger partial charge in [-0.05, 0) is 119 Å². The molecule has 0 radical (unpaired) electrons. The summed E-state index contributed by atoms with van der Waals surface area (Å²) in [5, 5.41) is 13.9. The lowest BCUT2D eigenvalue weighted by atomic mass is 9.99. The van der Waals surface area contributed by atoms with Crippen LogP contribution in [0.1, 0.15) is 55.7 Å². The van der Waals surface area contributed by atoms with Gasteiger partial charge in [0.25, 0.3) is 0 Å². The summed E-state index contributed by atoms with van der Waals surface area (Å²) in [6, 6.07) is 7.72. The molecule has 1 aromatic carbocycles. The summed E-state index contributed by atoms with van der Waals surface area (Å²) in [5.74, 6) is 1.45. The Labute approximate surface area is 230 Å². The van der Waals surface area contributed by atoms with E-state index in [1.165, 1.54) is 56.4 Å². The second-order valence-corrected chi connectivity index (χ2v) is 10.7. The van der Waals surface area contributed by atoms with E-state index in [4.69, 9.17) is 12.2 Å². The average molecular weight is 534 g/mol. The molecule has 0 bridgehead atoms. The molecule has 0 aliphatic carbocycles. The van der Waals surface area contributed by atoms with E-state index in [0.717, 1.165) is 35.5 Å². The number of hydrogen-bond acceptors (Lipinski definition) is 5. The molecular weight excluding hydrogens is 494 g/mol. The number of carbonyl (C=O) groups excluding carboxylic acids is 1. The maximum atomic E-state index is 12.2. The largest absolute Gasteiger partial charge is 0.339 e. The van der Waals surface area contributed by atoms with Crippen molar-refractivity contribution in [1.29, 1.82) is 0 Å². The van der Waals surface area contributed by atoms with Gasteiger partial charge >= 0.3 is 0 Å². The van der Waals surface area contributed by atoms with E-state index in [-0.39, 0.29) is 12.3 Å². The van der Waals surface area contributed by atoms with Crippen molar-refractivity contribution < 1.29 is 4.79 Å². The second-order valence-electron chi connectivity index (χ2n) is 10.3. The number of aryl methyl sites for hydroxylation is 3. The molecule has 1 fully saturated rings. The molecule has 1 amide bonds. The van der Waals surface area contributed by atoms with Crippen LogP contribution in [-0.4, -0.2) is 50.2 Å². The predicted molar refractivity (Wildman–Crippen MR) is 158 cm³/mol. The van der Waals surface area contributed by atoms with Crippen LogP contribution in [0.5, 0.6) is 0 Å². The SMILES string of the molecule is Cc1cccc(NC(=O)C/C=C/NC(=S)Nc2ncnn3cc(CCCCN4CCC(C)CC4)c(C)c23)c1. The number of unbranched alkanes of at least 4 members (excludes halogenated alkanes) is 1. The van der Waals surface area contributed by atoms with E-state index in [1.54, 1.807) is 12.3 Å². The van der Waals surface area contributed by atoms with Crippen LogP contribution in [-0.2, 0) is 11.2 Å². The Morgan fingerprint density at radius 2 is 2.00 bits per heavy atom. The maximum absolute atomic E-state index is 12.2. The van der Waals surface area contributed by atoms with Crippen LogP contribution in [0, 0.1) is 19.8 Å². The van der Waals surface area contributed by atoms with Gasteiger partial charge in [-0.1, -0.05) is 25.1 Å². The Hall–Kier alpha value is -3.30. The number of aromatic nitrogens is 3. The van der Waals surface area contributed by atoms with E-state index >= 15 is 0 Å². The zero-order valence-corrected chi connectivity index (χ0v) is 23.5. The summed E-state index contributed by atoms with van der Waals surface area (Å²) in [7, 11) is 0. The van der Waals surface area contributed by atoms with Crippen LogP contribution in [0.25, 0.3) is 5.52 Å². The van der Waals surface area contributed by atoms with Crippen LogP contribution in [0.2, 0.25) is 0 Å². The van der Waals surface area contributed by atoms with Gasteiger partial charge in [0.1, 0.15) is 11.8 Å². The molecule has 1 aliphatic heterocycles. The van der Waals surface area contributed by atoms with Gasteiger partial charge in [0, 0.05) is 18.3 Å². The number of rotatable bonds is 10. The number of carbonyl (C=O) groups is 1. The van der Waals surface area contributed by atoms with E-state index in [9.17, 15) is 4.79 Å². The van der Waals surface area contributed by atoms with Gasteiger partial charge in [0.15, 0.2) is 10.9 Å². The molecule has 1 saturated heterocycles. The van der Waals surface area contributed by atoms with Crippen LogP contribution in [0.15, 0.2) is 49.1 Å². The molecule has 3 heterocycles. The van der Waals surface area contributed by atoms with Crippen molar-refractivity contribution in [3.63, 3.8) is 0 Å². The number of nitrogens with one attached hydrogen (secondary N) is 3. The molecule has 9 heteroatoms. The summed E-state index contributed by atoms with van der Waals surface area (Å²) < 4.78 is 1.88. The highest BCUT2D eigenvalue weighted by molar-refractivity contribution is 7.80. The number of amides is 1. The van der Waals surface area contributed by atoms with Crippen LogP contribution in [0.3, 0.4) is 0 Å². The monoisotopic (exact) mass is 533 g/mol. The fourth-order valence-electron chi connectivity index (χ4n) is 4.87. The van der Waals surface area contributed by atoms with Crippen molar-refractivity contribution in [2.24, 2.45) is 5.92 Å². The standard InChI is InChI=1S/C29H39N7OS/c1-21-12-16-35(17-13-21)15-5-4-9-24-19-36-27(23(24)3)28(31-20-32-36)34-29(38)30-14-7-11-26(37)33-25-10-6-8-22(2)18-25/h6-8,10,14,18-21H,4-5,9,11-13,15-17H2,1-3H3,(H,33,37)(H2,30,31,32,34,38)/b14-7+. The summed E-state index contributed by atoms with van der Waals surface area (Å²) in [4.78, 5) is 19.2. The van der Waals surface area contributed by atoms with Crippen LogP contribution >= 0.6 is 12.2 Å². The molecular formula is C29H39N7OS. The number of likely N-dealkylation sites (tertiary alicyclic amines) is 1. The molecule has 0 saturated carbocycles. The van der Waals surface area contributed by atoms with E-state index in [2.05, 4.69) is 51.0 Å². The molecule has 3 N–H and O–H groups in total. The highest BCUT2D eigenvalue weighted by Gasteiger charge is 2.16. The fraction of sp³-hybridized carbons (Fsp3) is 0.448. The number of benzene rings is 1. The maximum Gasteiger partial charge on any atom is 0.228 e. The fourth-order valence-corrected chi connectivity index (χ4v) is 5.03. The molecule has 3 aromatic rings. The lowest BCUT2D eigenvalue weighted by Crippen LogP contribution is -2.33.